The third-order valence-electron chi connectivity index (χ3n) is 3.79. The molecule has 21 heavy (non-hydrogen) atoms. The molecule has 108 valence electrons. The molecule has 1 aromatic carbocycles. The largest absolute Gasteiger partial charge is 0.303 e. The fourth-order valence-electron chi connectivity index (χ4n) is 2.46. The highest BCUT2D eigenvalue weighted by Crippen LogP contribution is 2.28. The van der Waals surface area contributed by atoms with E-state index in [4.69, 9.17) is 0 Å². The van der Waals surface area contributed by atoms with Gasteiger partial charge in [-0.05, 0) is 26.7 Å². The van der Waals surface area contributed by atoms with Gasteiger partial charge < -0.3 is 4.79 Å². The first kappa shape index (κ1) is 15.1. The number of allylic oxidation sites excluding steroid dienone is 4. The van der Waals surface area contributed by atoms with Crippen molar-refractivity contribution in [3.8, 4) is 0 Å². The molecule has 0 bridgehead atoms. The van der Waals surface area contributed by atoms with Crippen LogP contribution >= 0.6 is 0 Å². The first-order chi connectivity index (χ1) is 10.1. The van der Waals surface area contributed by atoms with Crippen LogP contribution in [0, 0.1) is 0 Å². The summed E-state index contributed by atoms with van der Waals surface area (Å²) < 4.78 is 0. The summed E-state index contributed by atoms with van der Waals surface area (Å²) in [5.74, 6) is -0.138. The zero-order chi connectivity index (χ0) is 15.4. The summed E-state index contributed by atoms with van der Waals surface area (Å²) in [6, 6.07) is 6.94. The summed E-state index contributed by atoms with van der Waals surface area (Å²) in [7, 11) is 0. The molecule has 1 aliphatic rings. The van der Waals surface area contributed by atoms with Crippen LogP contribution in [0.2, 0.25) is 0 Å². The Morgan fingerprint density at radius 1 is 1.10 bits per heavy atom. The molecule has 0 radical (unpaired) electrons. The third kappa shape index (κ3) is 3.07. The summed E-state index contributed by atoms with van der Waals surface area (Å²) in [5, 5.41) is 0. The molecule has 0 heterocycles. The Labute approximate surface area is 124 Å². The lowest BCUT2D eigenvalue weighted by Gasteiger charge is -2.18. The van der Waals surface area contributed by atoms with Gasteiger partial charge in [0, 0.05) is 28.7 Å². The monoisotopic (exact) mass is 282 g/mol. The zero-order valence-corrected chi connectivity index (χ0v) is 12.3. The Morgan fingerprint density at radius 2 is 1.71 bits per heavy atom. The van der Waals surface area contributed by atoms with Gasteiger partial charge in [0.2, 0.25) is 0 Å². The molecule has 1 aliphatic carbocycles. The number of Topliss-reactive ketones (excluding diaryl/α,β-unsaturated/α-hetero) is 2. The lowest BCUT2D eigenvalue weighted by molar-refractivity contribution is -0.107. The standard InChI is InChI=1S/C18H18O3/c1-12(6-5-11-19)9-10-14-13(2)17(20)15-7-3-4-8-16(15)18(14)21/h3-4,7-9,11H,5-6,10H2,1-2H3. The first-order valence-electron chi connectivity index (χ1n) is 7.03. The minimum atomic E-state index is -0.0702. The second-order valence-corrected chi connectivity index (χ2v) is 5.27. The van der Waals surface area contributed by atoms with Crippen molar-refractivity contribution in [1.82, 2.24) is 0 Å². The van der Waals surface area contributed by atoms with Gasteiger partial charge in [-0.2, -0.15) is 0 Å². The van der Waals surface area contributed by atoms with Crippen LogP contribution in [0.1, 0.15) is 53.8 Å². The predicted molar refractivity (Wildman–Crippen MR) is 81.5 cm³/mol. The molecule has 0 saturated heterocycles. The Kier molecular flexibility index (Phi) is 4.63. The van der Waals surface area contributed by atoms with Gasteiger partial charge in [-0.3, -0.25) is 9.59 Å². The van der Waals surface area contributed by atoms with E-state index in [0.717, 1.165) is 11.9 Å². The zero-order valence-electron chi connectivity index (χ0n) is 12.3. The van der Waals surface area contributed by atoms with Gasteiger partial charge in [0.1, 0.15) is 6.29 Å². The van der Waals surface area contributed by atoms with Crippen molar-refractivity contribution in [2.24, 2.45) is 0 Å². The summed E-state index contributed by atoms with van der Waals surface area (Å²) >= 11 is 0. The molecule has 0 atom stereocenters. The van der Waals surface area contributed by atoms with E-state index in [9.17, 15) is 14.4 Å². The minimum absolute atomic E-state index is 0.0675. The minimum Gasteiger partial charge on any atom is -0.303 e. The number of benzene rings is 1. The van der Waals surface area contributed by atoms with Gasteiger partial charge in [-0.15, -0.1) is 0 Å². The van der Waals surface area contributed by atoms with Crippen LogP contribution in [-0.2, 0) is 4.79 Å². The van der Waals surface area contributed by atoms with E-state index in [2.05, 4.69) is 0 Å². The van der Waals surface area contributed by atoms with Gasteiger partial charge in [0.15, 0.2) is 11.6 Å². The normalized spacial score (nSPS) is 15.2. The second kappa shape index (κ2) is 6.44. The molecule has 0 spiro atoms. The van der Waals surface area contributed by atoms with E-state index >= 15 is 0 Å². The van der Waals surface area contributed by atoms with Crippen molar-refractivity contribution in [1.29, 1.82) is 0 Å². The molecular weight excluding hydrogens is 264 g/mol. The Hall–Kier alpha value is -2.29. The molecule has 0 aliphatic heterocycles. The van der Waals surface area contributed by atoms with E-state index in [0.29, 0.717) is 41.5 Å². The molecule has 0 aromatic heterocycles. The van der Waals surface area contributed by atoms with Gasteiger partial charge >= 0.3 is 0 Å². The van der Waals surface area contributed by atoms with E-state index in [1.165, 1.54) is 0 Å². The highest BCUT2D eigenvalue weighted by molar-refractivity contribution is 6.26. The summed E-state index contributed by atoms with van der Waals surface area (Å²) in [6.07, 6.45) is 4.43. The SMILES string of the molecule is CC(=CCC1=C(C)C(=O)c2ccccc2C1=O)CCC=O. The highest BCUT2D eigenvalue weighted by Gasteiger charge is 2.28. The van der Waals surface area contributed by atoms with E-state index in [-0.39, 0.29) is 11.6 Å². The highest BCUT2D eigenvalue weighted by atomic mass is 16.1. The molecule has 2 rings (SSSR count). The molecular formula is C18H18O3. The molecule has 0 saturated carbocycles. The van der Waals surface area contributed by atoms with Crippen LogP contribution in [0.25, 0.3) is 0 Å². The average Bonchev–Trinajstić information content (AvgIpc) is 2.50. The quantitative estimate of drug-likeness (QED) is 0.611. The van der Waals surface area contributed by atoms with E-state index < -0.39 is 0 Å². The number of fused-ring (bicyclic) bond motifs is 1. The smallest absolute Gasteiger partial charge is 0.190 e. The van der Waals surface area contributed by atoms with Gasteiger partial charge in [-0.25, -0.2) is 0 Å². The maximum atomic E-state index is 12.5. The maximum absolute atomic E-state index is 12.5. The van der Waals surface area contributed by atoms with Gasteiger partial charge in [-0.1, -0.05) is 35.9 Å². The van der Waals surface area contributed by atoms with Crippen molar-refractivity contribution in [3.63, 3.8) is 0 Å². The molecule has 0 fully saturated rings. The second-order valence-electron chi connectivity index (χ2n) is 5.27. The van der Waals surface area contributed by atoms with Crippen molar-refractivity contribution in [2.75, 3.05) is 0 Å². The lowest BCUT2D eigenvalue weighted by atomic mass is 9.83. The summed E-state index contributed by atoms with van der Waals surface area (Å²) in [5.41, 5.74) is 3.12. The van der Waals surface area contributed by atoms with Crippen LogP contribution in [0.4, 0.5) is 0 Å². The number of carbonyl (C=O) groups excluding carboxylic acids is 3. The topological polar surface area (TPSA) is 51.2 Å². The number of rotatable bonds is 5. The van der Waals surface area contributed by atoms with Crippen molar-refractivity contribution < 1.29 is 14.4 Å². The number of ketones is 2. The predicted octanol–water partition coefficient (Wildman–Crippen LogP) is 3.70. The Bertz CT molecular complexity index is 663. The van der Waals surface area contributed by atoms with E-state index in [1.807, 2.05) is 13.0 Å². The number of carbonyl (C=O) groups is 3. The van der Waals surface area contributed by atoms with Crippen molar-refractivity contribution in [3.05, 3.63) is 58.2 Å². The Morgan fingerprint density at radius 3 is 2.33 bits per heavy atom. The summed E-state index contributed by atoms with van der Waals surface area (Å²) in [6.45, 7) is 3.64. The van der Waals surface area contributed by atoms with E-state index in [1.54, 1.807) is 31.2 Å². The first-order valence-corrected chi connectivity index (χ1v) is 7.03. The van der Waals surface area contributed by atoms with Crippen molar-refractivity contribution in [2.45, 2.75) is 33.1 Å². The summed E-state index contributed by atoms with van der Waals surface area (Å²) in [4.78, 5) is 35.2. The number of aldehydes is 1. The van der Waals surface area contributed by atoms with Crippen LogP contribution < -0.4 is 0 Å². The van der Waals surface area contributed by atoms with Crippen LogP contribution in [0.5, 0.6) is 0 Å². The average molecular weight is 282 g/mol. The third-order valence-corrected chi connectivity index (χ3v) is 3.79. The van der Waals surface area contributed by atoms with Gasteiger partial charge in [0.25, 0.3) is 0 Å². The molecule has 1 aromatic rings. The van der Waals surface area contributed by atoms with Crippen LogP contribution in [-0.4, -0.2) is 17.9 Å². The Balaban J connectivity index is 2.28. The fourth-order valence-corrected chi connectivity index (χ4v) is 2.46. The number of hydrogen-bond donors (Lipinski definition) is 0. The lowest BCUT2D eigenvalue weighted by Crippen LogP contribution is -2.20. The maximum Gasteiger partial charge on any atom is 0.190 e. The van der Waals surface area contributed by atoms with Crippen molar-refractivity contribution >= 4 is 17.9 Å². The van der Waals surface area contributed by atoms with Crippen LogP contribution in [0.15, 0.2) is 47.1 Å². The molecule has 0 unspecified atom stereocenters. The van der Waals surface area contributed by atoms with Gasteiger partial charge in [0.05, 0.1) is 0 Å². The molecule has 3 nitrogen and oxygen atoms in total. The van der Waals surface area contributed by atoms with Crippen LogP contribution in [0.3, 0.4) is 0 Å². The molecule has 0 N–H and O–H groups in total. The molecule has 3 heteroatoms. The molecule has 0 amide bonds. The fraction of sp³-hybridized carbons (Fsp3) is 0.278. The number of hydrogen-bond acceptors (Lipinski definition) is 3.